The summed E-state index contributed by atoms with van der Waals surface area (Å²) < 4.78 is 1.70. The van der Waals surface area contributed by atoms with Crippen LogP contribution in [0.5, 0.6) is 0 Å². The number of aromatic nitrogens is 4. The van der Waals surface area contributed by atoms with Crippen LogP contribution in [0.3, 0.4) is 0 Å². The van der Waals surface area contributed by atoms with Crippen molar-refractivity contribution in [2.75, 3.05) is 5.32 Å². The summed E-state index contributed by atoms with van der Waals surface area (Å²) >= 11 is 0. The lowest BCUT2D eigenvalue weighted by atomic mass is 9.74. The van der Waals surface area contributed by atoms with Gasteiger partial charge >= 0.3 is 0 Å². The number of nitrogens with one attached hydrogen (secondary N) is 2. The van der Waals surface area contributed by atoms with Gasteiger partial charge in [0.2, 0.25) is 5.91 Å². The summed E-state index contributed by atoms with van der Waals surface area (Å²) in [6, 6.07) is 0. The maximum absolute atomic E-state index is 12.6. The van der Waals surface area contributed by atoms with E-state index in [9.17, 15) is 4.79 Å². The molecular weight excluding hydrogens is 304 g/mol. The molecule has 0 spiro atoms. The molecule has 1 aliphatic rings. The molecule has 0 aromatic carbocycles. The SMILES string of the molecule is Cc1nn(C)c2n[nH]c(NC(=O)C3CCCCC3(C)N)c12.Cl. The Kier molecular flexibility index (Phi) is 4.49. The first-order valence-electron chi connectivity index (χ1n) is 7.37. The fourth-order valence-electron chi connectivity index (χ4n) is 3.32. The van der Waals surface area contributed by atoms with Gasteiger partial charge in [0.1, 0.15) is 5.82 Å². The molecule has 1 saturated carbocycles. The number of aryl methyl sites for hydroxylation is 2. The van der Waals surface area contributed by atoms with Crippen LogP contribution in [0.2, 0.25) is 0 Å². The lowest BCUT2D eigenvalue weighted by Gasteiger charge is -2.37. The van der Waals surface area contributed by atoms with Crippen LogP contribution < -0.4 is 11.1 Å². The highest BCUT2D eigenvalue weighted by Crippen LogP contribution is 2.33. The number of rotatable bonds is 2. The number of halogens is 1. The number of anilines is 1. The number of carbonyl (C=O) groups is 1. The third-order valence-electron chi connectivity index (χ3n) is 4.53. The van der Waals surface area contributed by atoms with Gasteiger partial charge in [0.15, 0.2) is 5.65 Å². The second-order valence-corrected chi connectivity index (χ2v) is 6.30. The average Bonchev–Trinajstić information content (AvgIpc) is 2.92. The molecule has 1 fully saturated rings. The summed E-state index contributed by atoms with van der Waals surface area (Å²) in [5, 5.41) is 15.2. The van der Waals surface area contributed by atoms with Crippen molar-refractivity contribution in [1.82, 2.24) is 20.0 Å². The second kappa shape index (κ2) is 5.89. The molecule has 22 heavy (non-hydrogen) atoms. The minimum absolute atomic E-state index is 0. The first kappa shape index (κ1) is 16.8. The van der Waals surface area contributed by atoms with Crippen LogP contribution in [0.15, 0.2) is 0 Å². The highest BCUT2D eigenvalue weighted by atomic mass is 35.5. The predicted molar refractivity (Wildman–Crippen MR) is 88.0 cm³/mol. The first-order valence-corrected chi connectivity index (χ1v) is 7.37. The highest BCUT2D eigenvalue weighted by Gasteiger charge is 2.38. The normalized spacial score (nSPS) is 25.0. The molecule has 2 heterocycles. The summed E-state index contributed by atoms with van der Waals surface area (Å²) in [6.45, 7) is 3.87. The molecule has 2 atom stereocenters. The van der Waals surface area contributed by atoms with Crippen molar-refractivity contribution >= 4 is 35.2 Å². The van der Waals surface area contributed by atoms with Gasteiger partial charge in [0, 0.05) is 12.6 Å². The Balaban J connectivity index is 0.00000176. The van der Waals surface area contributed by atoms with E-state index in [1.807, 2.05) is 20.9 Å². The molecule has 2 unspecified atom stereocenters. The quantitative estimate of drug-likeness (QED) is 0.784. The Morgan fingerprint density at radius 2 is 2.23 bits per heavy atom. The van der Waals surface area contributed by atoms with E-state index in [2.05, 4.69) is 20.6 Å². The van der Waals surface area contributed by atoms with Gasteiger partial charge in [-0.2, -0.15) is 10.2 Å². The Morgan fingerprint density at radius 3 is 2.91 bits per heavy atom. The minimum atomic E-state index is -0.439. The summed E-state index contributed by atoms with van der Waals surface area (Å²) in [5.41, 5.74) is 7.44. The van der Waals surface area contributed by atoms with Crippen LogP contribution in [0.4, 0.5) is 5.82 Å². The molecule has 4 N–H and O–H groups in total. The van der Waals surface area contributed by atoms with Gasteiger partial charge in [0.05, 0.1) is 17.0 Å². The van der Waals surface area contributed by atoms with Gasteiger partial charge < -0.3 is 11.1 Å². The van der Waals surface area contributed by atoms with Crippen LogP contribution >= 0.6 is 12.4 Å². The number of nitrogens with two attached hydrogens (primary N) is 1. The van der Waals surface area contributed by atoms with Crippen molar-refractivity contribution in [3.63, 3.8) is 0 Å². The van der Waals surface area contributed by atoms with E-state index in [1.54, 1.807) is 4.68 Å². The van der Waals surface area contributed by atoms with Crippen molar-refractivity contribution in [3.05, 3.63) is 5.69 Å². The van der Waals surface area contributed by atoms with Crippen LogP contribution in [0.1, 0.15) is 38.3 Å². The van der Waals surface area contributed by atoms with E-state index >= 15 is 0 Å². The molecule has 0 bridgehead atoms. The summed E-state index contributed by atoms with van der Waals surface area (Å²) in [7, 11) is 1.83. The fraction of sp³-hybridized carbons (Fsp3) is 0.643. The van der Waals surface area contributed by atoms with E-state index in [1.165, 1.54) is 0 Å². The van der Waals surface area contributed by atoms with E-state index in [-0.39, 0.29) is 24.2 Å². The van der Waals surface area contributed by atoms with Gasteiger partial charge in [-0.25, -0.2) is 4.68 Å². The zero-order chi connectivity index (χ0) is 15.2. The van der Waals surface area contributed by atoms with Gasteiger partial charge in [0.25, 0.3) is 0 Å². The lowest BCUT2D eigenvalue weighted by molar-refractivity contribution is -0.122. The summed E-state index contributed by atoms with van der Waals surface area (Å²) in [4.78, 5) is 12.6. The molecule has 3 rings (SSSR count). The van der Waals surface area contributed by atoms with Crippen LogP contribution in [-0.4, -0.2) is 31.4 Å². The molecule has 2 aromatic heterocycles. The Morgan fingerprint density at radius 1 is 1.50 bits per heavy atom. The molecule has 1 aliphatic carbocycles. The largest absolute Gasteiger partial charge is 0.325 e. The molecular formula is C14H23ClN6O. The Labute approximate surface area is 135 Å². The maximum atomic E-state index is 12.6. The lowest BCUT2D eigenvalue weighted by Crippen LogP contribution is -2.51. The van der Waals surface area contributed by atoms with E-state index < -0.39 is 5.54 Å². The zero-order valence-electron chi connectivity index (χ0n) is 13.1. The van der Waals surface area contributed by atoms with Crippen molar-refractivity contribution in [3.8, 4) is 0 Å². The molecule has 0 saturated heterocycles. The predicted octanol–water partition coefficient (Wildman–Crippen LogP) is 1.87. The van der Waals surface area contributed by atoms with Gasteiger partial charge in [-0.1, -0.05) is 12.8 Å². The molecule has 1 amide bonds. The smallest absolute Gasteiger partial charge is 0.230 e. The van der Waals surface area contributed by atoms with Crippen LogP contribution in [-0.2, 0) is 11.8 Å². The number of nitrogens with zero attached hydrogens (tertiary/aromatic N) is 3. The van der Waals surface area contributed by atoms with Gasteiger partial charge in [-0.15, -0.1) is 12.4 Å². The number of hydrogen-bond acceptors (Lipinski definition) is 4. The van der Waals surface area contributed by atoms with E-state index in [0.29, 0.717) is 5.82 Å². The third kappa shape index (κ3) is 2.70. The molecule has 0 radical (unpaired) electrons. The van der Waals surface area contributed by atoms with Gasteiger partial charge in [-0.05, 0) is 26.7 Å². The standard InChI is InChI=1S/C14H22N6O.ClH/c1-8-10-11(17-18-12(10)20(3)19-8)16-13(21)9-6-4-5-7-14(9,2)15;/h9H,4-7,15H2,1-3H3,(H2,16,17,18,21);1H. The number of fused-ring (bicyclic) bond motifs is 1. The highest BCUT2D eigenvalue weighted by molar-refractivity contribution is 6.01. The first-order chi connectivity index (χ1) is 9.90. The molecule has 7 nitrogen and oxygen atoms in total. The number of H-pyrrole nitrogens is 1. The van der Waals surface area contributed by atoms with Crippen molar-refractivity contribution in [2.24, 2.45) is 18.7 Å². The fourth-order valence-corrected chi connectivity index (χ4v) is 3.32. The molecule has 122 valence electrons. The Bertz CT molecular complexity index is 689. The summed E-state index contributed by atoms with van der Waals surface area (Å²) in [6.07, 6.45) is 3.86. The average molecular weight is 327 g/mol. The van der Waals surface area contributed by atoms with E-state index in [0.717, 1.165) is 42.4 Å². The summed E-state index contributed by atoms with van der Waals surface area (Å²) in [5.74, 6) is 0.414. The number of amides is 1. The van der Waals surface area contributed by atoms with Crippen molar-refractivity contribution < 1.29 is 4.79 Å². The van der Waals surface area contributed by atoms with Crippen molar-refractivity contribution in [2.45, 2.75) is 45.1 Å². The monoisotopic (exact) mass is 326 g/mol. The number of carbonyl (C=O) groups excluding carboxylic acids is 1. The third-order valence-corrected chi connectivity index (χ3v) is 4.53. The molecule has 2 aromatic rings. The maximum Gasteiger partial charge on any atom is 0.230 e. The van der Waals surface area contributed by atoms with Gasteiger partial charge in [-0.3, -0.25) is 9.89 Å². The number of hydrogen-bond donors (Lipinski definition) is 3. The van der Waals surface area contributed by atoms with Crippen molar-refractivity contribution in [1.29, 1.82) is 0 Å². The topological polar surface area (TPSA) is 102 Å². The van der Waals surface area contributed by atoms with Crippen LogP contribution in [0.25, 0.3) is 11.0 Å². The number of aromatic amines is 1. The Hall–Kier alpha value is -1.60. The second-order valence-electron chi connectivity index (χ2n) is 6.30. The zero-order valence-corrected chi connectivity index (χ0v) is 14.0. The molecule has 8 heteroatoms. The van der Waals surface area contributed by atoms with Crippen LogP contribution in [0, 0.1) is 12.8 Å². The van der Waals surface area contributed by atoms with E-state index in [4.69, 9.17) is 5.73 Å². The minimum Gasteiger partial charge on any atom is -0.325 e. The molecule has 0 aliphatic heterocycles.